The van der Waals surface area contributed by atoms with Gasteiger partial charge in [0.1, 0.15) is 0 Å². The van der Waals surface area contributed by atoms with Crippen molar-refractivity contribution in [1.29, 1.82) is 0 Å². The monoisotopic (exact) mass is 453 g/mol. The van der Waals surface area contributed by atoms with E-state index >= 15 is 0 Å². The van der Waals surface area contributed by atoms with Gasteiger partial charge in [-0.15, -0.1) is 0 Å². The summed E-state index contributed by atoms with van der Waals surface area (Å²) in [7, 11) is 0. The van der Waals surface area contributed by atoms with Crippen molar-refractivity contribution in [1.82, 2.24) is 15.2 Å². The maximum atomic E-state index is 13.3. The van der Waals surface area contributed by atoms with Crippen LogP contribution in [0.25, 0.3) is 10.9 Å². The summed E-state index contributed by atoms with van der Waals surface area (Å²) >= 11 is 0. The fraction of sp³-hybridized carbons (Fsp3) is 0.185. The number of carbonyl (C=O) groups excluding carboxylic acids is 2. The summed E-state index contributed by atoms with van der Waals surface area (Å²) in [5.74, 6) is 1.24. The van der Waals surface area contributed by atoms with Crippen molar-refractivity contribution in [3.05, 3.63) is 95.2 Å². The van der Waals surface area contributed by atoms with Crippen molar-refractivity contribution in [2.24, 2.45) is 0 Å². The molecule has 2 aliphatic heterocycles. The van der Waals surface area contributed by atoms with Crippen molar-refractivity contribution in [3.8, 4) is 11.5 Å². The van der Waals surface area contributed by atoms with Crippen LogP contribution in [0.5, 0.6) is 11.5 Å². The Hall–Kier alpha value is -4.26. The Morgan fingerprint density at radius 1 is 1.00 bits per heavy atom. The van der Waals surface area contributed by atoms with Crippen molar-refractivity contribution in [3.63, 3.8) is 0 Å². The number of carbonyl (C=O) groups is 2. The van der Waals surface area contributed by atoms with Crippen LogP contribution in [0.4, 0.5) is 0 Å². The summed E-state index contributed by atoms with van der Waals surface area (Å²) in [5.41, 5.74) is 4.65. The van der Waals surface area contributed by atoms with Gasteiger partial charge in [-0.3, -0.25) is 9.59 Å². The molecule has 0 saturated heterocycles. The highest BCUT2D eigenvalue weighted by Crippen LogP contribution is 2.41. The molecule has 3 heterocycles. The first kappa shape index (κ1) is 20.4. The van der Waals surface area contributed by atoms with Crippen LogP contribution in [0.15, 0.2) is 72.9 Å². The Balaban J connectivity index is 1.19. The molecule has 170 valence electrons. The van der Waals surface area contributed by atoms with Gasteiger partial charge in [-0.05, 0) is 35.4 Å². The summed E-state index contributed by atoms with van der Waals surface area (Å²) in [4.78, 5) is 31.1. The maximum Gasteiger partial charge on any atom is 0.255 e. The molecule has 0 aliphatic carbocycles. The number of benzene rings is 3. The second-order valence-corrected chi connectivity index (χ2v) is 8.49. The first-order valence-electron chi connectivity index (χ1n) is 11.3. The molecule has 2 aliphatic rings. The van der Waals surface area contributed by atoms with Crippen LogP contribution in [0.2, 0.25) is 0 Å². The van der Waals surface area contributed by atoms with Crippen molar-refractivity contribution in [2.45, 2.75) is 19.0 Å². The standard InChI is InChI=1S/C27H23N3O4/c31-25(29-14-17-9-10-23-24(13-17)34-16-33-23)11-12-30-26(19-6-1-2-7-20(19)27(30)32)21-15-28-22-8-4-3-5-18(21)22/h1-10,13,15,26,28H,11-12,14,16H2,(H,29,31). The van der Waals surface area contributed by atoms with Gasteiger partial charge in [0.2, 0.25) is 12.7 Å². The van der Waals surface area contributed by atoms with Gasteiger partial charge in [0.15, 0.2) is 11.5 Å². The lowest BCUT2D eigenvalue weighted by atomic mass is 9.97. The van der Waals surface area contributed by atoms with Gasteiger partial charge in [0, 0.05) is 47.7 Å². The smallest absolute Gasteiger partial charge is 0.255 e. The fourth-order valence-electron chi connectivity index (χ4n) is 4.82. The van der Waals surface area contributed by atoms with Crippen molar-refractivity contribution in [2.75, 3.05) is 13.3 Å². The highest BCUT2D eigenvalue weighted by molar-refractivity contribution is 6.01. The average molecular weight is 453 g/mol. The van der Waals surface area contributed by atoms with Crippen LogP contribution in [-0.4, -0.2) is 35.0 Å². The summed E-state index contributed by atoms with van der Waals surface area (Å²) in [6.07, 6.45) is 2.18. The summed E-state index contributed by atoms with van der Waals surface area (Å²) in [6.45, 7) is 0.926. The van der Waals surface area contributed by atoms with Crippen molar-refractivity contribution < 1.29 is 19.1 Å². The van der Waals surface area contributed by atoms with E-state index in [2.05, 4.69) is 16.4 Å². The molecule has 0 radical (unpaired) electrons. The predicted molar refractivity (Wildman–Crippen MR) is 127 cm³/mol. The molecular weight excluding hydrogens is 430 g/mol. The third kappa shape index (κ3) is 3.46. The highest BCUT2D eigenvalue weighted by atomic mass is 16.7. The molecule has 0 saturated carbocycles. The zero-order chi connectivity index (χ0) is 23.1. The summed E-state index contributed by atoms with van der Waals surface area (Å²) < 4.78 is 10.7. The number of hydrogen-bond donors (Lipinski definition) is 2. The Kier molecular flexibility index (Phi) is 4.95. The number of ether oxygens (including phenoxy) is 2. The van der Waals surface area contributed by atoms with Gasteiger partial charge < -0.3 is 24.7 Å². The first-order valence-corrected chi connectivity index (χ1v) is 11.3. The molecule has 6 rings (SSSR count). The Morgan fingerprint density at radius 2 is 1.82 bits per heavy atom. The average Bonchev–Trinajstić information content (AvgIpc) is 3.57. The van der Waals surface area contributed by atoms with E-state index in [1.54, 1.807) is 4.90 Å². The molecule has 34 heavy (non-hydrogen) atoms. The summed E-state index contributed by atoms with van der Waals surface area (Å²) in [6, 6.07) is 21.1. The molecule has 7 nitrogen and oxygen atoms in total. The Morgan fingerprint density at radius 3 is 2.76 bits per heavy atom. The van der Waals surface area contributed by atoms with Crippen LogP contribution in [-0.2, 0) is 11.3 Å². The van der Waals surface area contributed by atoms with E-state index in [-0.39, 0.29) is 31.1 Å². The fourth-order valence-corrected chi connectivity index (χ4v) is 4.82. The molecule has 2 amide bonds. The summed E-state index contributed by atoms with van der Waals surface area (Å²) in [5, 5.41) is 4.03. The lowest BCUT2D eigenvalue weighted by Crippen LogP contribution is -2.33. The van der Waals surface area contributed by atoms with E-state index < -0.39 is 0 Å². The van der Waals surface area contributed by atoms with Gasteiger partial charge in [0.05, 0.1) is 6.04 Å². The highest BCUT2D eigenvalue weighted by Gasteiger charge is 2.38. The molecule has 1 unspecified atom stereocenters. The molecule has 1 aromatic heterocycles. The van der Waals surface area contributed by atoms with E-state index in [1.165, 1.54) is 0 Å². The van der Waals surface area contributed by atoms with Gasteiger partial charge in [0.25, 0.3) is 5.91 Å². The number of nitrogens with zero attached hydrogens (tertiary/aromatic N) is 1. The van der Waals surface area contributed by atoms with Crippen LogP contribution < -0.4 is 14.8 Å². The van der Waals surface area contributed by atoms with Crippen LogP contribution in [0.1, 0.15) is 39.5 Å². The van der Waals surface area contributed by atoms with E-state index in [9.17, 15) is 9.59 Å². The Labute approximate surface area is 196 Å². The van der Waals surface area contributed by atoms with Gasteiger partial charge in [-0.2, -0.15) is 0 Å². The third-order valence-electron chi connectivity index (χ3n) is 6.48. The molecule has 4 aromatic rings. The second-order valence-electron chi connectivity index (χ2n) is 8.49. The number of H-pyrrole nitrogens is 1. The minimum Gasteiger partial charge on any atom is -0.454 e. The number of aromatic nitrogens is 1. The molecular formula is C27H23N3O4. The van der Waals surface area contributed by atoms with E-state index in [0.29, 0.717) is 30.2 Å². The molecule has 0 spiro atoms. The lowest BCUT2D eigenvalue weighted by molar-refractivity contribution is -0.121. The second kappa shape index (κ2) is 8.26. The van der Waals surface area contributed by atoms with Crippen LogP contribution in [0.3, 0.4) is 0 Å². The molecule has 7 heteroatoms. The number of para-hydroxylation sites is 1. The molecule has 2 N–H and O–H groups in total. The molecule has 0 bridgehead atoms. The zero-order valence-electron chi connectivity index (χ0n) is 18.4. The Bertz CT molecular complexity index is 1410. The van der Waals surface area contributed by atoms with E-state index in [0.717, 1.165) is 27.6 Å². The number of amides is 2. The minimum atomic E-state index is -0.235. The SMILES string of the molecule is O=C(CCN1C(=O)c2ccccc2C1c1c[nH]c2ccccc12)NCc1ccc2c(c1)OCO2. The minimum absolute atomic E-state index is 0.0468. The number of rotatable bonds is 6. The predicted octanol–water partition coefficient (Wildman–Crippen LogP) is 4.15. The molecule has 0 fully saturated rings. The maximum absolute atomic E-state index is 13.3. The normalized spacial score (nSPS) is 16.2. The van der Waals surface area contributed by atoms with Gasteiger partial charge in [-0.1, -0.05) is 42.5 Å². The largest absolute Gasteiger partial charge is 0.454 e. The van der Waals surface area contributed by atoms with E-state index in [4.69, 9.17) is 9.47 Å². The van der Waals surface area contributed by atoms with Gasteiger partial charge in [-0.25, -0.2) is 0 Å². The number of nitrogens with one attached hydrogen (secondary N) is 2. The van der Waals surface area contributed by atoms with Crippen molar-refractivity contribution >= 4 is 22.7 Å². The number of hydrogen-bond acceptors (Lipinski definition) is 4. The molecule has 3 aromatic carbocycles. The zero-order valence-corrected chi connectivity index (χ0v) is 18.4. The third-order valence-corrected chi connectivity index (χ3v) is 6.48. The van der Waals surface area contributed by atoms with E-state index in [1.807, 2.05) is 66.9 Å². The number of fused-ring (bicyclic) bond motifs is 3. The van der Waals surface area contributed by atoms with Crippen LogP contribution in [0, 0.1) is 0 Å². The molecule has 1 atom stereocenters. The lowest BCUT2D eigenvalue weighted by Gasteiger charge is -2.25. The first-order chi connectivity index (χ1) is 16.7. The number of aromatic amines is 1. The quantitative estimate of drug-likeness (QED) is 0.460. The van der Waals surface area contributed by atoms with Gasteiger partial charge >= 0.3 is 0 Å². The van der Waals surface area contributed by atoms with Crippen LogP contribution >= 0.6 is 0 Å². The topological polar surface area (TPSA) is 83.7 Å².